The second kappa shape index (κ2) is 8.70. The molecule has 2 aromatic rings. The zero-order valence-electron chi connectivity index (χ0n) is 17.4. The lowest BCUT2D eigenvalue weighted by Gasteiger charge is -2.41. The minimum Gasteiger partial charge on any atom is -0.354 e. The molecular formula is C20H25FN8O2. The number of hydrogen-bond acceptors (Lipinski definition) is 7. The van der Waals surface area contributed by atoms with Gasteiger partial charge in [-0.25, -0.2) is 19.2 Å². The highest BCUT2D eigenvalue weighted by atomic mass is 19.1. The maximum absolute atomic E-state index is 14.2. The van der Waals surface area contributed by atoms with Crippen LogP contribution in [-0.4, -0.2) is 70.6 Å². The molecule has 2 fully saturated rings. The first-order valence-corrected chi connectivity index (χ1v) is 10.3. The van der Waals surface area contributed by atoms with Gasteiger partial charge in [-0.3, -0.25) is 4.79 Å². The Kier molecular flexibility index (Phi) is 5.83. The van der Waals surface area contributed by atoms with E-state index in [0.29, 0.717) is 31.3 Å². The minimum absolute atomic E-state index is 0.00517. The van der Waals surface area contributed by atoms with Gasteiger partial charge < -0.3 is 25.8 Å². The number of rotatable bonds is 5. The summed E-state index contributed by atoms with van der Waals surface area (Å²) < 4.78 is 14.2. The highest BCUT2D eigenvalue weighted by Crippen LogP contribution is 2.32. The van der Waals surface area contributed by atoms with Crippen molar-refractivity contribution in [2.24, 2.45) is 0 Å². The molecule has 11 heteroatoms. The first-order valence-electron chi connectivity index (χ1n) is 10.3. The van der Waals surface area contributed by atoms with Gasteiger partial charge in [-0.2, -0.15) is 4.98 Å². The van der Waals surface area contributed by atoms with Gasteiger partial charge in [0.1, 0.15) is 5.82 Å². The molecule has 0 radical (unpaired) electrons. The molecule has 164 valence electrons. The Hall–Kier alpha value is -3.50. The van der Waals surface area contributed by atoms with Crippen LogP contribution in [0.3, 0.4) is 0 Å². The van der Waals surface area contributed by atoms with Gasteiger partial charge in [0.05, 0.1) is 24.0 Å². The van der Waals surface area contributed by atoms with Crippen LogP contribution in [0.2, 0.25) is 0 Å². The first-order chi connectivity index (χ1) is 15.0. The number of aromatic nitrogens is 3. The Morgan fingerprint density at radius 2 is 1.97 bits per heavy atom. The van der Waals surface area contributed by atoms with E-state index in [0.717, 1.165) is 18.7 Å². The third-order valence-electron chi connectivity index (χ3n) is 5.55. The summed E-state index contributed by atoms with van der Waals surface area (Å²) in [6.07, 6.45) is 4.93. The van der Waals surface area contributed by atoms with Crippen molar-refractivity contribution >= 4 is 29.4 Å². The maximum atomic E-state index is 14.2. The molecule has 2 atom stereocenters. The molecule has 3 amide bonds. The van der Waals surface area contributed by atoms with Crippen LogP contribution in [0, 0.1) is 5.82 Å². The third-order valence-corrected chi connectivity index (χ3v) is 5.55. The molecule has 0 aliphatic carbocycles. The van der Waals surface area contributed by atoms with Crippen molar-refractivity contribution in [2.75, 3.05) is 36.9 Å². The molecule has 1 unspecified atom stereocenters. The van der Waals surface area contributed by atoms with Crippen molar-refractivity contribution in [3.63, 3.8) is 0 Å². The fraction of sp³-hybridized carbons (Fsp3) is 0.450. The van der Waals surface area contributed by atoms with Crippen LogP contribution < -0.4 is 20.9 Å². The van der Waals surface area contributed by atoms with Crippen molar-refractivity contribution in [3.05, 3.63) is 36.0 Å². The number of anilines is 3. The molecule has 0 aromatic carbocycles. The van der Waals surface area contributed by atoms with Crippen LogP contribution in [0.5, 0.6) is 0 Å². The van der Waals surface area contributed by atoms with E-state index < -0.39 is 11.7 Å². The Balaban J connectivity index is 1.47. The number of urea groups is 1. The van der Waals surface area contributed by atoms with E-state index in [2.05, 4.69) is 35.8 Å². The quantitative estimate of drug-likeness (QED) is 0.661. The van der Waals surface area contributed by atoms with E-state index in [9.17, 15) is 14.0 Å². The molecule has 2 aliphatic heterocycles. The largest absolute Gasteiger partial charge is 0.354 e. The summed E-state index contributed by atoms with van der Waals surface area (Å²) in [4.78, 5) is 40.7. The fourth-order valence-corrected chi connectivity index (χ4v) is 4.17. The lowest BCUT2D eigenvalue weighted by molar-refractivity contribution is 0.0953. The molecule has 2 aromatic heterocycles. The van der Waals surface area contributed by atoms with E-state index in [4.69, 9.17) is 0 Å². The Bertz CT molecular complexity index is 973. The molecule has 4 heterocycles. The average Bonchev–Trinajstić information content (AvgIpc) is 3.03. The van der Waals surface area contributed by atoms with Gasteiger partial charge in [-0.05, 0) is 25.8 Å². The first kappa shape index (κ1) is 20.8. The van der Waals surface area contributed by atoms with Gasteiger partial charge in [0.25, 0.3) is 5.91 Å². The summed E-state index contributed by atoms with van der Waals surface area (Å²) in [7, 11) is 1.41. The van der Waals surface area contributed by atoms with Gasteiger partial charge in [-0.15, -0.1) is 0 Å². The number of hydrogen-bond donors (Lipinski definition) is 3. The number of pyridine rings is 1. The third kappa shape index (κ3) is 4.21. The number of fused-ring (bicyclic) bond motifs is 2. The molecule has 2 saturated heterocycles. The molecular weight excluding hydrogens is 403 g/mol. The van der Waals surface area contributed by atoms with E-state index in [1.807, 2.05) is 17.9 Å². The smallest absolute Gasteiger partial charge is 0.318 e. The average molecular weight is 428 g/mol. The maximum Gasteiger partial charge on any atom is 0.318 e. The lowest BCUT2D eigenvalue weighted by atomic mass is 10.2. The Morgan fingerprint density at radius 1 is 1.23 bits per heavy atom. The Labute approximate surface area is 179 Å². The van der Waals surface area contributed by atoms with Crippen LogP contribution >= 0.6 is 0 Å². The number of carbonyl (C=O) groups is 2. The van der Waals surface area contributed by atoms with Gasteiger partial charge in [-0.1, -0.05) is 0 Å². The highest BCUT2D eigenvalue weighted by molar-refractivity contribution is 5.92. The number of nitrogens with zero attached hydrogens (tertiary/aromatic N) is 5. The predicted molar refractivity (Wildman–Crippen MR) is 113 cm³/mol. The summed E-state index contributed by atoms with van der Waals surface area (Å²) in [5.41, 5.74) is 0.0617. The molecule has 31 heavy (non-hydrogen) atoms. The minimum atomic E-state index is -0.737. The van der Waals surface area contributed by atoms with Crippen LogP contribution in [-0.2, 0) is 0 Å². The van der Waals surface area contributed by atoms with Gasteiger partial charge >= 0.3 is 6.03 Å². The van der Waals surface area contributed by atoms with Gasteiger partial charge in [0, 0.05) is 38.9 Å². The van der Waals surface area contributed by atoms with Gasteiger partial charge in [0.15, 0.2) is 11.5 Å². The molecule has 0 spiro atoms. The van der Waals surface area contributed by atoms with Gasteiger partial charge in [0.2, 0.25) is 5.95 Å². The number of halogens is 1. The fourth-order valence-electron chi connectivity index (χ4n) is 4.17. The van der Waals surface area contributed by atoms with E-state index in [1.165, 1.54) is 19.3 Å². The van der Waals surface area contributed by atoms with Crippen LogP contribution in [0.1, 0.15) is 30.3 Å². The van der Waals surface area contributed by atoms with Crippen molar-refractivity contribution in [1.29, 1.82) is 0 Å². The molecule has 2 aliphatic rings. The second-order valence-corrected chi connectivity index (χ2v) is 7.53. The Morgan fingerprint density at radius 3 is 2.61 bits per heavy atom. The van der Waals surface area contributed by atoms with Crippen LogP contribution in [0.15, 0.2) is 24.5 Å². The number of carbonyl (C=O) groups excluding carboxylic acids is 2. The van der Waals surface area contributed by atoms with Crippen LogP contribution in [0.4, 0.5) is 26.6 Å². The second-order valence-electron chi connectivity index (χ2n) is 7.53. The standard InChI is InChI=1S/C20H25FN8O2/c1-3-23-20(31)29-13-4-5-14(29)11-28(10-13)16-6-7-24-19(27-16)26-12-8-15(21)17(25-9-12)18(30)22-2/h6-9,13-14H,3-5,10-11H2,1-2H3,(H,22,30)(H,23,31)(H,24,26,27)/t13-,14?/m0/s1. The van der Waals surface area contributed by atoms with E-state index in [1.54, 1.807) is 6.20 Å². The summed E-state index contributed by atoms with van der Waals surface area (Å²) in [5, 5.41) is 8.17. The lowest BCUT2D eigenvalue weighted by Crippen LogP contribution is -2.58. The van der Waals surface area contributed by atoms with E-state index in [-0.39, 0.29) is 23.8 Å². The van der Waals surface area contributed by atoms with Crippen molar-refractivity contribution in [1.82, 2.24) is 30.5 Å². The molecule has 10 nitrogen and oxygen atoms in total. The van der Waals surface area contributed by atoms with Crippen molar-refractivity contribution in [3.8, 4) is 0 Å². The summed E-state index contributed by atoms with van der Waals surface area (Å²) in [5.74, 6) is -0.299. The van der Waals surface area contributed by atoms with Crippen LogP contribution in [0.25, 0.3) is 0 Å². The normalized spacial score (nSPS) is 19.8. The number of amides is 3. The predicted octanol–water partition coefficient (Wildman–Crippen LogP) is 1.50. The van der Waals surface area contributed by atoms with Crippen molar-refractivity contribution < 1.29 is 14.0 Å². The van der Waals surface area contributed by atoms with Crippen molar-refractivity contribution in [2.45, 2.75) is 31.8 Å². The topological polar surface area (TPSA) is 115 Å². The monoisotopic (exact) mass is 428 g/mol. The highest BCUT2D eigenvalue weighted by Gasteiger charge is 2.42. The summed E-state index contributed by atoms with van der Waals surface area (Å²) in [6.45, 7) is 3.92. The number of nitrogens with one attached hydrogen (secondary N) is 3. The summed E-state index contributed by atoms with van der Waals surface area (Å²) >= 11 is 0. The zero-order valence-corrected chi connectivity index (χ0v) is 17.4. The zero-order chi connectivity index (χ0) is 22.0. The van der Waals surface area contributed by atoms with E-state index >= 15 is 0 Å². The summed E-state index contributed by atoms with van der Waals surface area (Å²) in [6, 6.07) is 3.28. The SMILES string of the molecule is CCNC(=O)N1C2CC[C@H]1CN(c1ccnc(Nc3cnc(C(=O)NC)c(F)c3)n1)C2. The molecule has 2 bridgehead atoms. The molecule has 0 saturated carbocycles. The number of piperazine rings is 1. The molecule has 4 rings (SSSR count). The molecule has 3 N–H and O–H groups in total.